The van der Waals surface area contributed by atoms with Crippen LogP contribution >= 0.6 is 0 Å². The van der Waals surface area contributed by atoms with Gasteiger partial charge in [0.25, 0.3) is 0 Å². The lowest BCUT2D eigenvalue weighted by Crippen LogP contribution is -2.50. The van der Waals surface area contributed by atoms with E-state index in [9.17, 15) is 9.90 Å². The minimum absolute atomic E-state index is 0.113. The van der Waals surface area contributed by atoms with Crippen LogP contribution in [0.3, 0.4) is 0 Å². The molecule has 0 bridgehead atoms. The van der Waals surface area contributed by atoms with Gasteiger partial charge in [-0.15, -0.1) is 0 Å². The van der Waals surface area contributed by atoms with Crippen molar-refractivity contribution in [1.82, 2.24) is 0 Å². The molecule has 0 amide bonds. The van der Waals surface area contributed by atoms with Crippen LogP contribution in [0, 0.1) is 11.8 Å². The largest absolute Gasteiger partial charge is 0.544 e. The lowest BCUT2D eigenvalue weighted by atomic mass is 9.87. The second-order valence-corrected chi connectivity index (χ2v) is 6.57. The number of quaternary nitrogens is 1. The molecule has 3 nitrogen and oxygen atoms in total. The van der Waals surface area contributed by atoms with Crippen molar-refractivity contribution in [3.05, 3.63) is 0 Å². The molecule has 0 saturated carbocycles. The van der Waals surface area contributed by atoms with E-state index >= 15 is 0 Å². The van der Waals surface area contributed by atoms with Gasteiger partial charge in [-0.2, -0.15) is 0 Å². The summed E-state index contributed by atoms with van der Waals surface area (Å²) < 4.78 is 0.533. The zero-order chi connectivity index (χ0) is 14.9. The molecule has 2 unspecified atom stereocenters. The third-order valence-corrected chi connectivity index (χ3v) is 4.10. The first kappa shape index (κ1) is 18.4. The number of aliphatic carboxylic acids is 1. The van der Waals surface area contributed by atoms with Crippen molar-refractivity contribution in [2.75, 3.05) is 27.2 Å². The fraction of sp³-hybridized carbons (Fsp3) is 0.938. The standard InChI is InChI=1S/C16H33NO2/c1-6-9-10-14(7-2)11-15(8-3)12-17(4,5)13-16(18)19/h14-15H,6-13H2,1-5H3. The summed E-state index contributed by atoms with van der Waals surface area (Å²) in [5.74, 6) is 0.474. The number of carboxylic acid groups (broad SMARTS) is 1. The van der Waals surface area contributed by atoms with E-state index < -0.39 is 5.97 Å². The van der Waals surface area contributed by atoms with E-state index in [-0.39, 0.29) is 6.54 Å². The van der Waals surface area contributed by atoms with E-state index in [4.69, 9.17) is 0 Å². The first-order valence-corrected chi connectivity index (χ1v) is 7.86. The van der Waals surface area contributed by atoms with Gasteiger partial charge in [-0.25, -0.2) is 0 Å². The highest BCUT2D eigenvalue weighted by Gasteiger charge is 2.23. The summed E-state index contributed by atoms with van der Waals surface area (Å²) in [7, 11) is 3.98. The lowest BCUT2D eigenvalue weighted by Gasteiger charge is -2.34. The van der Waals surface area contributed by atoms with Gasteiger partial charge in [0.1, 0.15) is 6.54 Å². The van der Waals surface area contributed by atoms with E-state index in [1.165, 1.54) is 32.1 Å². The molecule has 2 atom stereocenters. The Balaban J connectivity index is 4.35. The molecule has 0 radical (unpaired) electrons. The van der Waals surface area contributed by atoms with Crippen LogP contribution in [0.25, 0.3) is 0 Å². The van der Waals surface area contributed by atoms with Crippen LogP contribution < -0.4 is 5.11 Å². The maximum atomic E-state index is 10.8. The maximum absolute atomic E-state index is 10.8. The number of nitrogens with zero attached hydrogens (tertiary/aromatic N) is 1. The first-order valence-electron chi connectivity index (χ1n) is 7.86. The van der Waals surface area contributed by atoms with Crippen molar-refractivity contribution >= 4 is 5.97 Å². The average molecular weight is 271 g/mol. The average Bonchev–Trinajstić information content (AvgIpc) is 2.31. The zero-order valence-corrected chi connectivity index (χ0v) is 13.6. The summed E-state index contributed by atoms with van der Waals surface area (Å²) in [6, 6.07) is 0. The Bertz CT molecular complexity index is 251. The predicted octanol–water partition coefficient (Wildman–Crippen LogP) is 2.45. The number of rotatable bonds is 11. The molecule has 0 saturated heterocycles. The molecular weight excluding hydrogens is 238 g/mol. The van der Waals surface area contributed by atoms with Gasteiger partial charge in [-0.3, -0.25) is 0 Å². The summed E-state index contributed by atoms with van der Waals surface area (Å²) in [4.78, 5) is 10.8. The molecule has 0 aromatic heterocycles. The normalized spacial score (nSPS) is 15.2. The van der Waals surface area contributed by atoms with Gasteiger partial charge in [0.05, 0.1) is 26.6 Å². The molecule has 0 spiro atoms. The van der Waals surface area contributed by atoms with Crippen molar-refractivity contribution in [2.45, 2.75) is 59.3 Å². The van der Waals surface area contributed by atoms with Gasteiger partial charge < -0.3 is 14.4 Å². The van der Waals surface area contributed by atoms with Crippen LogP contribution in [0.2, 0.25) is 0 Å². The predicted molar refractivity (Wildman–Crippen MR) is 78.6 cm³/mol. The van der Waals surface area contributed by atoms with Gasteiger partial charge in [-0.1, -0.05) is 46.5 Å². The minimum atomic E-state index is -0.946. The molecule has 0 aliphatic carbocycles. The molecule has 114 valence electrons. The van der Waals surface area contributed by atoms with Crippen LogP contribution in [0.15, 0.2) is 0 Å². The van der Waals surface area contributed by atoms with Gasteiger partial charge in [0.15, 0.2) is 0 Å². The van der Waals surface area contributed by atoms with E-state index in [0.717, 1.165) is 18.9 Å². The Labute approximate surface area is 119 Å². The number of likely N-dealkylation sites (N-methyl/N-ethyl adjacent to an activating group) is 1. The van der Waals surface area contributed by atoms with Crippen molar-refractivity contribution in [3.8, 4) is 0 Å². The fourth-order valence-corrected chi connectivity index (χ4v) is 2.94. The van der Waals surface area contributed by atoms with Gasteiger partial charge in [-0.05, 0) is 18.8 Å². The van der Waals surface area contributed by atoms with Gasteiger partial charge >= 0.3 is 0 Å². The van der Waals surface area contributed by atoms with Gasteiger partial charge in [0, 0.05) is 5.92 Å². The third kappa shape index (κ3) is 9.04. The summed E-state index contributed by atoms with van der Waals surface area (Å²) in [6.45, 7) is 7.78. The molecule has 0 heterocycles. The first-order chi connectivity index (χ1) is 8.84. The lowest BCUT2D eigenvalue weighted by molar-refractivity contribution is -0.888. The fourth-order valence-electron chi connectivity index (χ4n) is 2.94. The van der Waals surface area contributed by atoms with Crippen molar-refractivity contribution < 1.29 is 14.4 Å². The second kappa shape index (κ2) is 9.35. The molecule has 19 heavy (non-hydrogen) atoms. The zero-order valence-electron chi connectivity index (χ0n) is 13.6. The molecule has 0 aliphatic heterocycles. The quantitative estimate of drug-likeness (QED) is 0.542. The molecule has 3 heteroatoms. The number of unbranched alkanes of at least 4 members (excludes halogenated alkanes) is 1. The molecular formula is C16H33NO2. The van der Waals surface area contributed by atoms with Gasteiger partial charge in [0.2, 0.25) is 0 Å². The SMILES string of the molecule is CCCCC(CC)CC(CC)C[N+](C)(C)CC(=O)[O-]. The monoisotopic (exact) mass is 271 g/mol. The summed E-state index contributed by atoms with van der Waals surface area (Å²) in [6.07, 6.45) is 7.51. The molecule has 0 aromatic carbocycles. The Morgan fingerprint density at radius 2 is 1.68 bits per heavy atom. The number of carbonyl (C=O) groups is 1. The van der Waals surface area contributed by atoms with Crippen molar-refractivity contribution in [1.29, 1.82) is 0 Å². The van der Waals surface area contributed by atoms with Crippen LogP contribution in [0.5, 0.6) is 0 Å². The van der Waals surface area contributed by atoms with E-state index in [1.807, 2.05) is 14.1 Å². The summed E-state index contributed by atoms with van der Waals surface area (Å²) in [5.41, 5.74) is 0. The van der Waals surface area contributed by atoms with Crippen LogP contribution in [-0.2, 0) is 4.79 Å². The minimum Gasteiger partial charge on any atom is -0.544 e. The molecule has 0 aliphatic rings. The van der Waals surface area contributed by atoms with E-state index in [0.29, 0.717) is 10.4 Å². The third-order valence-electron chi connectivity index (χ3n) is 4.10. The highest BCUT2D eigenvalue weighted by atomic mass is 16.4. The maximum Gasteiger partial charge on any atom is 0.119 e. The van der Waals surface area contributed by atoms with E-state index in [1.54, 1.807) is 0 Å². The topological polar surface area (TPSA) is 40.1 Å². The Kier molecular flexibility index (Phi) is 9.07. The summed E-state index contributed by atoms with van der Waals surface area (Å²) >= 11 is 0. The molecule has 0 N–H and O–H groups in total. The van der Waals surface area contributed by atoms with Crippen molar-refractivity contribution in [3.63, 3.8) is 0 Å². The second-order valence-electron chi connectivity index (χ2n) is 6.57. The number of carbonyl (C=O) groups excluding carboxylic acids is 1. The summed E-state index contributed by atoms with van der Waals surface area (Å²) in [5, 5.41) is 10.8. The molecule has 0 fully saturated rings. The number of hydrogen-bond acceptors (Lipinski definition) is 2. The Hall–Kier alpha value is -0.570. The Morgan fingerprint density at radius 1 is 1.11 bits per heavy atom. The van der Waals surface area contributed by atoms with Crippen LogP contribution in [0.4, 0.5) is 0 Å². The highest BCUT2D eigenvalue weighted by Crippen LogP contribution is 2.25. The van der Waals surface area contributed by atoms with E-state index in [2.05, 4.69) is 20.8 Å². The highest BCUT2D eigenvalue weighted by molar-refractivity contribution is 5.65. The smallest absolute Gasteiger partial charge is 0.119 e. The Morgan fingerprint density at radius 3 is 2.11 bits per heavy atom. The number of hydrogen-bond donors (Lipinski definition) is 0. The van der Waals surface area contributed by atoms with Crippen LogP contribution in [-0.4, -0.2) is 37.6 Å². The van der Waals surface area contributed by atoms with Crippen LogP contribution in [0.1, 0.15) is 59.3 Å². The molecule has 0 aromatic rings. The number of carboxylic acids is 1. The molecule has 0 rings (SSSR count). The van der Waals surface area contributed by atoms with Crippen molar-refractivity contribution in [2.24, 2.45) is 11.8 Å².